The van der Waals surface area contributed by atoms with E-state index in [9.17, 15) is 4.39 Å². The number of nitrogens with one attached hydrogen (secondary N) is 1. The van der Waals surface area contributed by atoms with Gasteiger partial charge in [-0.15, -0.1) is 0 Å². The van der Waals surface area contributed by atoms with Crippen molar-refractivity contribution in [2.24, 2.45) is 0 Å². The first kappa shape index (κ1) is 13.6. The van der Waals surface area contributed by atoms with Gasteiger partial charge < -0.3 is 5.32 Å². The molecule has 3 rings (SSSR count). The van der Waals surface area contributed by atoms with Gasteiger partial charge in [0, 0.05) is 13.1 Å². The molecular weight excluding hydrogens is 273 g/mol. The Bertz CT molecular complexity index is 590. The van der Waals surface area contributed by atoms with E-state index in [0.29, 0.717) is 6.54 Å². The molecule has 0 heterocycles. The van der Waals surface area contributed by atoms with Gasteiger partial charge in [0.15, 0.2) is 0 Å². The van der Waals surface area contributed by atoms with E-state index < -0.39 is 0 Å². The molecule has 3 heteroatoms. The summed E-state index contributed by atoms with van der Waals surface area (Å²) in [6, 6.07) is 13.6. The normalized spacial score (nSPS) is 14.5. The summed E-state index contributed by atoms with van der Waals surface area (Å²) in [5, 5.41) is 3.53. The molecule has 0 aromatic heterocycles. The van der Waals surface area contributed by atoms with Gasteiger partial charge in [-0.25, -0.2) is 4.39 Å². The fourth-order valence-corrected chi connectivity index (χ4v) is 2.53. The van der Waals surface area contributed by atoms with Crippen LogP contribution in [0.2, 0.25) is 5.02 Å². The molecule has 0 radical (unpaired) electrons. The third kappa shape index (κ3) is 3.38. The maximum absolute atomic E-state index is 13.0. The van der Waals surface area contributed by atoms with E-state index in [4.69, 9.17) is 11.6 Å². The first-order valence-corrected chi connectivity index (χ1v) is 7.33. The van der Waals surface area contributed by atoms with Gasteiger partial charge in [0.25, 0.3) is 0 Å². The van der Waals surface area contributed by atoms with Gasteiger partial charge in [0.1, 0.15) is 5.82 Å². The summed E-state index contributed by atoms with van der Waals surface area (Å²) in [6.07, 6.45) is 2.67. The summed E-state index contributed by atoms with van der Waals surface area (Å²) in [4.78, 5) is 0. The van der Waals surface area contributed by atoms with Gasteiger partial charge in [-0.2, -0.15) is 0 Å². The van der Waals surface area contributed by atoms with Crippen LogP contribution in [0.15, 0.2) is 42.5 Å². The third-order valence-electron chi connectivity index (χ3n) is 3.67. The van der Waals surface area contributed by atoms with Crippen molar-refractivity contribution >= 4 is 11.6 Å². The fourth-order valence-electron chi connectivity index (χ4n) is 2.33. The van der Waals surface area contributed by atoms with E-state index in [1.165, 1.54) is 30.0 Å². The van der Waals surface area contributed by atoms with E-state index in [1.807, 2.05) is 0 Å². The predicted molar refractivity (Wildman–Crippen MR) is 80.4 cm³/mol. The second-order valence-corrected chi connectivity index (χ2v) is 5.78. The molecule has 1 aliphatic carbocycles. The highest BCUT2D eigenvalue weighted by atomic mass is 35.5. The minimum absolute atomic E-state index is 0.179. The molecule has 0 bridgehead atoms. The standard InChI is InChI=1S/C17H17ClFN/c18-16-9-13(3-8-17(16)19)11-20-10-12-1-4-14(5-2-12)15-6-7-15/h1-5,8-9,15,20H,6-7,10-11H2. The Balaban J connectivity index is 1.52. The maximum Gasteiger partial charge on any atom is 0.141 e. The second-order valence-electron chi connectivity index (χ2n) is 5.37. The quantitative estimate of drug-likeness (QED) is 0.845. The Kier molecular flexibility index (Phi) is 4.04. The first-order valence-electron chi connectivity index (χ1n) is 6.96. The van der Waals surface area contributed by atoms with Gasteiger partial charge in [0.2, 0.25) is 0 Å². The van der Waals surface area contributed by atoms with Gasteiger partial charge in [-0.3, -0.25) is 0 Å². The largest absolute Gasteiger partial charge is 0.309 e. The molecule has 0 atom stereocenters. The second kappa shape index (κ2) is 5.94. The average molecular weight is 290 g/mol. The zero-order valence-corrected chi connectivity index (χ0v) is 12.0. The average Bonchev–Trinajstić information content (AvgIpc) is 3.28. The smallest absolute Gasteiger partial charge is 0.141 e. The summed E-state index contributed by atoms with van der Waals surface area (Å²) < 4.78 is 13.0. The van der Waals surface area contributed by atoms with Crippen LogP contribution in [0.3, 0.4) is 0 Å². The first-order chi connectivity index (χ1) is 9.72. The van der Waals surface area contributed by atoms with Gasteiger partial charge in [-0.1, -0.05) is 41.9 Å². The zero-order chi connectivity index (χ0) is 13.9. The molecule has 0 saturated heterocycles. The highest BCUT2D eigenvalue weighted by Gasteiger charge is 2.22. The summed E-state index contributed by atoms with van der Waals surface area (Å²) in [5.41, 5.74) is 3.72. The molecule has 0 amide bonds. The Morgan fingerprint density at radius 1 is 1.00 bits per heavy atom. The highest BCUT2D eigenvalue weighted by molar-refractivity contribution is 6.30. The van der Waals surface area contributed by atoms with Gasteiger partial charge in [0.05, 0.1) is 5.02 Å². The third-order valence-corrected chi connectivity index (χ3v) is 3.96. The van der Waals surface area contributed by atoms with Crippen LogP contribution in [0.25, 0.3) is 0 Å². The lowest BCUT2D eigenvalue weighted by Gasteiger charge is -2.07. The molecule has 104 valence electrons. The van der Waals surface area contributed by atoms with Crippen LogP contribution in [0.4, 0.5) is 4.39 Å². The van der Waals surface area contributed by atoms with Crippen molar-refractivity contribution in [1.29, 1.82) is 0 Å². The zero-order valence-electron chi connectivity index (χ0n) is 11.2. The molecule has 1 nitrogen and oxygen atoms in total. The molecule has 0 spiro atoms. The minimum Gasteiger partial charge on any atom is -0.309 e. The van der Waals surface area contributed by atoms with E-state index in [0.717, 1.165) is 18.0 Å². The maximum atomic E-state index is 13.0. The monoisotopic (exact) mass is 289 g/mol. The lowest BCUT2D eigenvalue weighted by atomic mass is 10.1. The van der Waals surface area contributed by atoms with Crippen LogP contribution < -0.4 is 5.32 Å². The molecule has 2 aromatic rings. The minimum atomic E-state index is -0.369. The number of halogens is 2. The summed E-state index contributed by atoms with van der Waals surface area (Å²) in [7, 11) is 0. The number of hydrogen-bond acceptors (Lipinski definition) is 1. The van der Waals surface area contributed by atoms with E-state index in [1.54, 1.807) is 12.1 Å². The molecular formula is C17H17ClFN. The van der Waals surface area contributed by atoms with E-state index in [-0.39, 0.29) is 10.8 Å². The topological polar surface area (TPSA) is 12.0 Å². The molecule has 0 aliphatic heterocycles. The predicted octanol–water partition coefficient (Wildman–Crippen LogP) is 4.65. The van der Waals surface area contributed by atoms with Gasteiger partial charge >= 0.3 is 0 Å². The Hall–Kier alpha value is -1.38. The number of rotatable bonds is 5. The molecule has 2 aromatic carbocycles. The number of benzene rings is 2. The van der Waals surface area contributed by atoms with Crippen molar-refractivity contribution in [3.8, 4) is 0 Å². The molecule has 1 N–H and O–H groups in total. The van der Waals surface area contributed by atoms with Crippen molar-refractivity contribution in [3.63, 3.8) is 0 Å². The summed E-state index contributed by atoms with van der Waals surface area (Å²) >= 11 is 5.76. The molecule has 1 fully saturated rings. The lowest BCUT2D eigenvalue weighted by Crippen LogP contribution is -2.12. The Morgan fingerprint density at radius 2 is 1.65 bits per heavy atom. The number of hydrogen-bond donors (Lipinski definition) is 1. The molecule has 0 unspecified atom stereocenters. The Labute approximate surface area is 123 Å². The van der Waals surface area contributed by atoms with Crippen molar-refractivity contribution in [1.82, 2.24) is 5.32 Å². The molecule has 20 heavy (non-hydrogen) atoms. The molecule has 1 saturated carbocycles. The molecule has 1 aliphatic rings. The lowest BCUT2D eigenvalue weighted by molar-refractivity contribution is 0.625. The Morgan fingerprint density at radius 3 is 2.30 bits per heavy atom. The van der Waals surface area contributed by atoms with Crippen LogP contribution >= 0.6 is 11.6 Å². The van der Waals surface area contributed by atoms with Crippen molar-refractivity contribution in [2.45, 2.75) is 31.8 Å². The van der Waals surface area contributed by atoms with Gasteiger partial charge in [-0.05, 0) is 47.6 Å². The van der Waals surface area contributed by atoms with Crippen molar-refractivity contribution in [3.05, 3.63) is 70.0 Å². The highest BCUT2D eigenvalue weighted by Crippen LogP contribution is 2.39. The van der Waals surface area contributed by atoms with E-state index in [2.05, 4.69) is 29.6 Å². The van der Waals surface area contributed by atoms with Crippen LogP contribution in [0, 0.1) is 5.82 Å². The van der Waals surface area contributed by atoms with Crippen LogP contribution in [0.5, 0.6) is 0 Å². The van der Waals surface area contributed by atoms with Crippen LogP contribution in [-0.4, -0.2) is 0 Å². The van der Waals surface area contributed by atoms with Crippen LogP contribution in [0.1, 0.15) is 35.4 Å². The SMILES string of the molecule is Fc1ccc(CNCc2ccc(C3CC3)cc2)cc1Cl. The fraction of sp³-hybridized carbons (Fsp3) is 0.294. The van der Waals surface area contributed by atoms with Crippen molar-refractivity contribution in [2.75, 3.05) is 0 Å². The van der Waals surface area contributed by atoms with Crippen molar-refractivity contribution < 1.29 is 4.39 Å². The van der Waals surface area contributed by atoms with E-state index >= 15 is 0 Å². The summed E-state index contributed by atoms with van der Waals surface area (Å²) in [5.74, 6) is 0.435. The van der Waals surface area contributed by atoms with Crippen LogP contribution in [-0.2, 0) is 13.1 Å². The summed E-state index contributed by atoms with van der Waals surface area (Å²) in [6.45, 7) is 1.49.